The van der Waals surface area contributed by atoms with E-state index in [1.807, 2.05) is 7.05 Å². The van der Waals surface area contributed by atoms with E-state index in [0.717, 1.165) is 50.5 Å². The highest BCUT2D eigenvalue weighted by Crippen LogP contribution is 2.36. The fraction of sp³-hybridized carbons (Fsp3) is 0.588. The topological polar surface area (TPSA) is 39.7 Å². The summed E-state index contributed by atoms with van der Waals surface area (Å²) in [5.41, 5.74) is 0.349. The molecule has 132 valence electrons. The molecule has 0 amide bonds. The molecule has 0 aliphatic carbocycles. The van der Waals surface area contributed by atoms with Crippen LogP contribution in [0.3, 0.4) is 0 Å². The van der Waals surface area contributed by atoms with Crippen LogP contribution in [0, 0.1) is 5.92 Å². The van der Waals surface area contributed by atoms with Crippen molar-refractivity contribution in [3.63, 3.8) is 0 Å². The molecule has 0 radical (unpaired) electrons. The maximum Gasteiger partial charge on any atom is 0.416 e. The molecular formula is C17H23F3N4. The van der Waals surface area contributed by atoms with E-state index >= 15 is 0 Å². The molecule has 0 bridgehead atoms. The van der Waals surface area contributed by atoms with Crippen LogP contribution in [0.5, 0.6) is 0 Å². The highest BCUT2D eigenvalue weighted by atomic mass is 19.4. The van der Waals surface area contributed by atoms with E-state index < -0.39 is 11.7 Å². The standard InChI is InChI=1S/C17H23F3N4/c1-24-10-2-3-13(11-23-16-21-8-9-22-16)15(24)12-4-6-14(7-5-12)17(18,19)20/h4-7,13,15H,2-3,8-11H2,1H3,(H2,21,22,23). The lowest BCUT2D eigenvalue weighted by atomic mass is 9.84. The lowest BCUT2D eigenvalue weighted by molar-refractivity contribution is -0.137. The number of hydrogen-bond donors (Lipinski definition) is 2. The lowest BCUT2D eigenvalue weighted by Crippen LogP contribution is -2.43. The summed E-state index contributed by atoms with van der Waals surface area (Å²) in [4.78, 5) is 6.57. The van der Waals surface area contributed by atoms with Crippen molar-refractivity contribution >= 4 is 5.96 Å². The summed E-state index contributed by atoms with van der Waals surface area (Å²) in [7, 11) is 2.04. The third kappa shape index (κ3) is 3.83. The van der Waals surface area contributed by atoms with Crippen molar-refractivity contribution in [2.45, 2.75) is 25.1 Å². The minimum Gasteiger partial charge on any atom is -0.356 e. The van der Waals surface area contributed by atoms with Crippen molar-refractivity contribution in [1.29, 1.82) is 0 Å². The molecule has 2 aliphatic heterocycles. The molecule has 1 fully saturated rings. The molecule has 3 rings (SSSR count). The average molecular weight is 340 g/mol. The van der Waals surface area contributed by atoms with Gasteiger partial charge in [-0.2, -0.15) is 13.2 Å². The van der Waals surface area contributed by atoms with Crippen molar-refractivity contribution < 1.29 is 13.2 Å². The number of halogens is 3. The second-order valence-electron chi connectivity index (χ2n) is 6.49. The van der Waals surface area contributed by atoms with Crippen LogP contribution in [-0.2, 0) is 6.18 Å². The fourth-order valence-corrected chi connectivity index (χ4v) is 3.61. The Morgan fingerprint density at radius 2 is 2.04 bits per heavy atom. The number of likely N-dealkylation sites (tertiary alicyclic amines) is 1. The van der Waals surface area contributed by atoms with Crippen molar-refractivity contribution in [2.24, 2.45) is 10.9 Å². The van der Waals surface area contributed by atoms with Gasteiger partial charge in [-0.05, 0) is 50.0 Å². The van der Waals surface area contributed by atoms with Crippen LogP contribution in [0.1, 0.15) is 30.0 Å². The van der Waals surface area contributed by atoms with Crippen LogP contribution in [0.2, 0.25) is 0 Å². The third-order valence-electron chi connectivity index (χ3n) is 4.79. The summed E-state index contributed by atoms with van der Waals surface area (Å²) in [6, 6.07) is 5.73. The van der Waals surface area contributed by atoms with E-state index in [9.17, 15) is 13.2 Å². The number of nitrogens with one attached hydrogen (secondary N) is 2. The zero-order valence-electron chi connectivity index (χ0n) is 13.7. The van der Waals surface area contributed by atoms with Crippen molar-refractivity contribution in [1.82, 2.24) is 15.5 Å². The predicted molar refractivity (Wildman–Crippen MR) is 87.8 cm³/mol. The molecule has 2 unspecified atom stereocenters. The first-order chi connectivity index (χ1) is 11.4. The van der Waals surface area contributed by atoms with Crippen LogP contribution >= 0.6 is 0 Å². The Kier molecular flexibility index (Phi) is 4.99. The summed E-state index contributed by atoms with van der Waals surface area (Å²) >= 11 is 0. The van der Waals surface area contributed by atoms with Gasteiger partial charge in [0.15, 0.2) is 5.96 Å². The Bertz CT molecular complexity index is 582. The molecule has 1 saturated heterocycles. The average Bonchev–Trinajstić information content (AvgIpc) is 3.06. The van der Waals surface area contributed by atoms with Crippen LogP contribution in [0.15, 0.2) is 29.3 Å². The summed E-state index contributed by atoms with van der Waals surface area (Å²) in [6.45, 7) is 3.37. The molecule has 24 heavy (non-hydrogen) atoms. The molecule has 1 aromatic carbocycles. The van der Waals surface area contributed by atoms with E-state index in [1.165, 1.54) is 12.1 Å². The van der Waals surface area contributed by atoms with Gasteiger partial charge in [-0.3, -0.25) is 9.89 Å². The van der Waals surface area contributed by atoms with Crippen molar-refractivity contribution in [2.75, 3.05) is 33.2 Å². The van der Waals surface area contributed by atoms with Gasteiger partial charge in [-0.25, -0.2) is 0 Å². The SMILES string of the molecule is CN1CCCC(CNC2=NCCN2)C1c1ccc(C(F)(F)F)cc1. The molecule has 7 heteroatoms. The Morgan fingerprint density at radius 1 is 1.29 bits per heavy atom. The maximum atomic E-state index is 12.8. The zero-order chi connectivity index (χ0) is 17.2. The molecule has 1 aromatic rings. The van der Waals surface area contributed by atoms with Crippen LogP contribution in [0.4, 0.5) is 13.2 Å². The van der Waals surface area contributed by atoms with Crippen molar-refractivity contribution in [3.8, 4) is 0 Å². The van der Waals surface area contributed by atoms with E-state index in [0.29, 0.717) is 5.92 Å². The van der Waals surface area contributed by atoms with Gasteiger partial charge in [-0.15, -0.1) is 0 Å². The minimum atomic E-state index is -4.29. The Balaban J connectivity index is 1.73. The first-order valence-corrected chi connectivity index (χ1v) is 8.35. The Labute approximate surface area is 140 Å². The summed E-state index contributed by atoms with van der Waals surface area (Å²) in [5.74, 6) is 1.17. The molecule has 2 N–H and O–H groups in total. The van der Waals surface area contributed by atoms with Gasteiger partial charge in [0.05, 0.1) is 12.1 Å². The normalized spacial score (nSPS) is 25.2. The quantitative estimate of drug-likeness (QED) is 0.889. The third-order valence-corrected chi connectivity index (χ3v) is 4.79. The number of rotatable bonds is 3. The second kappa shape index (κ2) is 7.01. The summed E-state index contributed by atoms with van der Waals surface area (Å²) in [6.07, 6.45) is -2.14. The number of nitrogens with zero attached hydrogens (tertiary/aromatic N) is 2. The number of aliphatic imine (C=N–C) groups is 1. The Morgan fingerprint density at radius 3 is 2.67 bits per heavy atom. The van der Waals surface area contributed by atoms with Gasteiger partial charge in [0.25, 0.3) is 0 Å². The highest BCUT2D eigenvalue weighted by molar-refractivity contribution is 5.81. The minimum absolute atomic E-state index is 0.121. The van der Waals surface area contributed by atoms with Crippen LogP contribution < -0.4 is 10.6 Å². The van der Waals surface area contributed by atoms with Gasteiger partial charge in [0.2, 0.25) is 0 Å². The number of piperidine rings is 1. The highest BCUT2D eigenvalue weighted by Gasteiger charge is 2.33. The molecule has 4 nitrogen and oxygen atoms in total. The van der Waals surface area contributed by atoms with Gasteiger partial charge in [0, 0.05) is 19.1 Å². The molecule has 2 heterocycles. The zero-order valence-corrected chi connectivity index (χ0v) is 13.7. The monoisotopic (exact) mass is 340 g/mol. The van der Waals surface area contributed by atoms with Crippen LogP contribution in [0.25, 0.3) is 0 Å². The largest absolute Gasteiger partial charge is 0.416 e. The van der Waals surface area contributed by atoms with E-state index in [-0.39, 0.29) is 6.04 Å². The maximum absolute atomic E-state index is 12.8. The van der Waals surface area contributed by atoms with E-state index in [4.69, 9.17) is 0 Å². The van der Waals surface area contributed by atoms with Crippen molar-refractivity contribution in [3.05, 3.63) is 35.4 Å². The molecule has 0 aromatic heterocycles. The van der Waals surface area contributed by atoms with Gasteiger partial charge >= 0.3 is 6.18 Å². The van der Waals surface area contributed by atoms with Crippen LogP contribution in [-0.4, -0.2) is 44.1 Å². The molecule has 2 aliphatic rings. The first-order valence-electron chi connectivity index (χ1n) is 8.35. The Hall–Kier alpha value is -1.76. The molecular weight excluding hydrogens is 317 g/mol. The fourth-order valence-electron chi connectivity index (χ4n) is 3.61. The number of alkyl halides is 3. The van der Waals surface area contributed by atoms with E-state index in [2.05, 4.69) is 20.5 Å². The van der Waals surface area contributed by atoms with E-state index in [1.54, 1.807) is 12.1 Å². The lowest BCUT2D eigenvalue weighted by Gasteiger charge is -2.40. The number of benzene rings is 1. The van der Waals surface area contributed by atoms with Gasteiger partial charge in [-0.1, -0.05) is 12.1 Å². The number of hydrogen-bond acceptors (Lipinski definition) is 4. The predicted octanol–water partition coefficient (Wildman–Crippen LogP) is 2.64. The molecule has 0 spiro atoms. The number of guanidine groups is 1. The summed E-state index contributed by atoms with van der Waals surface area (Å²) in [5, 5.41) is 6.53. The molecule has 0 saturated carbocycles. The summed E-state index contributed by atoms with van der Waals surface area (Å²) < 4.78 is 38.3. The van der Waals surface area contributed by atoms with Gasteiger partial charge in [0.1, 0.15) is 0 Å². The second-order valence-corrected chi connectivity index (χ2v) is 6.49. The first kappa shape index (κ1) is 17.1. The smallest absolute Gasteiger partial charge is 0.356 e. The van der Waals surface area contributed by atoms with Gasteiger partial charge < -0.3 is 10.6 Å². The molecule has 2 atom stereocenters.